The minimum absolute atomic E-state index is 0. The van der Waals surface area contributed by atoms with E-state index in [-0.39, 0.29) is 18.3 Å². The molecule has 2 aromatic heterocycles. The second kappa shape index (κ2) is 8.25. The molecule has 0 atom stereocenters. The van der Waals surface area contributed by atoms with E-state index in [1.54, 1.807) is 17.1 Å². The lowest BCUT2D eigenvalue weighted by atomic mass is 10.1. The third kappa shape index (κ3) is 4.33. The largest absolute Gasteiger partial charge is 0.317 e. The van der Waals surface area contributed by atoms with Crippen molar-refractivity contribution in [3.05, 3.63) is 24.3 Å². The first-order valence-corrected chi connectivity index (χ1v) is 8.08. The van der Waals surface area contributed by atoms with Crippen LogP contribution in [-0.2, 0) is 6.54 Å². The van der Waals surface area contributed by atoms with Gasteiger partial charge in [-0.1, -0.05) is 19.1 Å². The first-order chi connectivity index (χ1) is 11.1. The topological polar surface area (TPSA) is 89.7 Å². The molecule has 2 aromatic rings. The fourth-order valence-electron chi connectivity index (χ4n) is 2.77. The summed E-state index contributed by atoms with van der Waals surface area (Å²) in [6.45, 7) is 6.99. The van der Waals surface area contributed by atoms with Crippen LogP contribution in [0.5, 0.6) is 0 Å². The molecule has 0 radical (unpaired) electrons. The number of piperidine rings is 1. The standard InChI is InChI=1S/C15H23N7O.ClH/c1-11(2)9-21-8-7-17-15(21)18-14(23)13-10-22(20-19-13)12-3-5-16-6-4-12;/h7-8,10-12,16H,3-6,9H2,1-2H3,(H,17,18,23);1H. The molecular weight excluding hydrogens is 330 g/mol. The number of carbonyl (C=O) groups is 1. The maximum Gasteiger partial charge on any atom is 0.280 e. The van der Waals surface area contributed by atoms with E-state index in [2.05, 4.69) is 39.8 Å². The Morgan fingerprint density at radius 1 is 1.42 bits per heavy atom. The summed E-state index contributed by atoms with van der Waals surface area (Å²) in [6.07, 6.45) is 7.28. The van der Waals surface area contributed by atoms with Crippen molar-refractivity contribution in [1.82, 2.24) is 29.9 Å². The Morgan fingerprint density at radius 2 is 2.17 bits per heavy atom. The first kappa shape index (κ1) is 18.4. The van der Waals surface area contributed by atoms with E-state index in [0.717, 1.165) is 32.5 Å². The van der Waals surface area contributed by atoms with Gasteiger partial charge in [0.25, 0.3) is 5.91 Å². The highest BCUT2D eigenvalue weighted by Crippen LogP contribution is 2.17. The van der Waals surface area contributed by atoms with Crippen molar-refractivity contribution in [2.24, 2.45) is 5.92 Å². The quantitative estimate of drug-likeness (QED) is 0.854. The average molecular weight is 354 g/mol. The fraction of sp³-hybridized carbons (Fsp3) is 0.600. The van der Waals surface area contributed by atoms with Gasteiger partial charge < -0.3 is 9.88 Å². The van der Waals surface area contributed by atoms with Crippen molar-refractivity contribution in [2.75, 3.05) is 18.4 Å². The Balaban J connectivity index is 0.00000208. The van der Waals surface area contributed by atoms with E-state index in [4.69, 9.17) is 0 Å². The summed E-state index contributed by atoms with van der Waals surface area (Å²) in [7, 11) is 0. The molecule has 1 aliphatic heterocycles. The van der Waals surface area contributed by atoms with Gasteiger partial charge in [-0.25, -0.2) is 9.67 Å². The second-order valence-electron chi connectivity index (χ2n) is 6.32. The molecule has 8 nitrogen and oxygen atoms in total. The number of hydrogen-bond acceptors (Lipinski definition) is 5. The van der Waals surface area contributed by atoms with Crippen LogP contribution in [0, 0.1) is 5.92 Å². The number of carbonyl (C=O) groups excluding carboxylic acids is 1. The third-order valence-corrected chi connectivity index (χ3v) is 3.93. The maximum atomic E-state index is 12.4. The highest BCUT2D eigenvalue weighted by molar-refractivity contribution is 6.01. The Hall–Kier alpha value is -1.93. The molecule has 9 heteroatoms. The molecule has 0 spiro atoms. The van der Waals surface area contributed by atoms with E-state index in [1.807, 2.05) is 10.8 Å². The Kier molecular flexibility index (Phi) is 6.33. The Labute approximate surface area is 147 Å². The highest BCUT2D eigenvalue weighted by atomic mass is 35.5. The number of imidazole rings is 1. The summed E-state index contributed by atoms with van der Waals surface area (Å²) in [4.78, 5) is 16.6. The van der Waals surface area contributed by atoms with Gasteiger partial charge in [0.05, 0.1) is 12.2 Å². The van der Waals surface area contributed by atoms with E-state index in [0.29, 0.717) is 23.6 Å². The molecule has 3 heterocycles. The van der Waals surface area contributed by atoms with Crippen molar-refractivity contribution >= 4 is 24.3 Å². The molecule has 1 amide bonds. The predicted molar refractivity (Wildman–Crippen MR) is 93.4 cm³/mol. The van der Waals surface area contributed by atoms with Crippen LogP contribution in [0.3, 0.4) is 0 Å². The molecule has 132 valence electrons. The molecule has 0 saturated carbocycles. The third-order valence-electron chi connectivity index (χ3n) is 3.93. The summed E-state index contributed by atoms with van der Waals surface area (Å²) in [6, 6.07) is 0.313. The first-order valence-electron chi connectivity index (χ1n) is 8.08. The van der Waals surface area contributed by atoms with Crippen LogP contribution in [0.15, 0.2) is 18.6 Å². The zero-order chi connectivity index (χ0) is 16.2. The van der Waals surface area contributed by atoms with E-state index in [9.17, 15) is 4.79 Å². The Bertz CT molecular complexity index is 660. The number of aromatic nitrogens is 5. The molecule has 3 rings (SSSR count). The van der Waals surface area contributed by atoms with Crippen molar-refractivity contribution in [1.29, 1.82) is 0 Å². The summed E-state index contributed by atoms with van der Waals surface area (Å²) < 4.78 is 3.73. The van der Waals surface area contributed by atoms with Crippen molar-refractivity contribution < 1.29 is 4.79 Å². The molecule has 0 aromatic carbocycles. The van der Waals surface area contributed by atoms with Crippen LogP contribution in [-0.4, -0.2) is 43.5 Å². The number of amides is 1. The number of nitrogens with one attached hydrogen (secondary N) is 2. The van der Waals surface area contributed by atoms with Gasteiger partial charge in [0.1, 0.15) is 0 Å². The van der Waals surface area contributed by atoms with Gasteiger partial charge in [0.15, 0.2) is 5.69 Å². The number of anilines is 1. The van der Waals surface area contributed by atoms with Gasteiger partial charge in [0.2, 0.25) is 5.95 Å². The zero-order valence-corrected chi connectivity index (χ0v) is 14.8. The lowest BCUT2D eigenvalue weighted by molar-refractivity contribution is 0.102. The molecule has 1 fully saturated rings. The van der Waals surface area contributed by atoms with Gasteiger partial charge in [-0.15, -0.1) is 17.5 Å². The maximum absolute atomic E-state index is 12.4. The summed E-state index contributed by atoms with van der Waals surface area (Å²) in [5.74, 6) is 0.738. The lowest BCUT2D eigenvalue weighted by Crippen LogP contribution is -2.29. The molecule has 0 unspecified atom stereocenters. The van der Waals surface area contributed by atoms with Crippen LogP contribution < -0.4 is 10.6 Å². The van der Waals surface area contributed by atoms with Gasteiger partial charge >= 0.3 is 0 Å². The van der Waals surface area contributed by atoms with Gasteiger partial charge in [-0.05, 0) is 31.8 Å². The SMILES string of the molecule is CC(C)Cn1ccnc1NC(=O)c1cn(C2CCNCC2)nn1.Cl. The monoisotopic (exact) mass is 353 g/mol. The summed E-state index contributed by atoms with van der Waals surface area (Å²) in [5.41, 5.74) is 0.322. The van der Waals surface area contributed by atoms with Crippen molar-refractivity contribution in [3.8, 4) is 0 Å². The number of hydrogen-bond donors (Lipinski definition) is 2. The van der Waals surface area contributed by atoms with Crippen LogP contribution in [0.4, 0.5) is 5.95 Å². The second-order valence-corrected chi connectivity index (χ2v) is 6.32. The molecule has 24 heavy (non-hydrogen) atoms. The molecule has 1 aliphatic rings. The molecule has 0 aliphatic carbocycles. The van der Waals surface area contributed by atoms with Crippen molar-refractivity contribution in [2.45, 2.75) is 39.3 Å². The van der Waals surface area contributed by atoms with E-state index >= 15 is 0 Å². The molecule has 1 saturated heterocycles. The predicted octanol–water partition coefficient (Wildman–Crippen LogP) is 1.73. The molecular formula is C15H24ClN7O. The van der Waals surface area contributed by atoms with Crippen LogP contribution in [0.2, 0.25) is 0 Å². The van der Waals surface area contributed by atoms with Gasteiger partial charge in [0, 0.05) is 18.9 Å². The number of halogens is 1. The lowest BCUT2D eigenvalue weighted by Gasteiger charge is -2.22. The molecule has 0 bridgehead atoms. The normalized spacial score (nSPS) is 15.3. The fourth-order valence-corrected chi connectivity index (χ4v) is 2.77. The number of rotatable bonds is 5. The van der Waals surface area contributed by atoms with Crippen LogP contribution in [0.1, 0.15) is 43.2 Å². The van der Waals surface area contributed by atoms with Gasteiger partial charge in [-0.2, -0.15) is 0 Å². The van der Waals surface area contributed by atoms with Gasteiger partial charge in [-0.3, -0.25) is 10.1 Å². The summed E-state index contributed by atoms with van der Waals surface area (Å²) >= 11 is 0. The van der Waals surface area contributed by atoms with Crippen LogP contribution >= 0.6 is 12.4 Å². The van der Waals surface area contributed by atoms with E-state index in [1.165, 1.54) is 0 Å². The average Bonchev–Trinajstić information content (AvgIpc) is 3.18. The Morgan fingerprint density at radius 3 is 2.88 bits per heavy atom. The zero-order valence-electron chi connectivity index (χ0n) is 14.0. The summed E-state index contributed by atoms with van der Waals surface area (Å²) in [5, 5.41) is 14.2. The van der Waals surface area contributed by atoms with Crippen LogP contribution in [0.25, 0.3) is 0 Å². The van der Waals surface area contributed by atoms with Crippen molar-refractivity contribution in [3.63, 3.8) is 0 Å². The highest BCUT2D eigenvalue weighted by Gasteiger charge is 2.19. The smallest absolute Gasteiger partial charge is 0.280 e. The number of nitrogens with zero attached hydrogens (tertiary/aromatic N) is 5. The minimum atomic E-state index is -0.276. The molecule has 2 N–H and O–H groups in total. The minimum Gasteiger partial charge on any atom is -0.317 e. The van der Waals surface area contributed by atoms with E-state index < -0.39 is 0 Å².